The summed E-state index contributed by atoms with van der Waals surface area (Å²) in [6.45, 7) is 3.40. The minimum atomic E-state index is -0.178. The van der Waals surface area contributed by atoms with Crippen molar-refractivity contribution in [3.63, 3.8) is 0 Å². The van der Waals surface area contributed by atoms with Crippen LogP contribution in [0.2, 0.25) is 5.02 Å². The van der Waals surface area contributed by atoms with E-state index in [-0.39, 0.29) is 11.5 Å². The Bertz CT molecular complexity index is 1340. The summed E-state index contributed by atoms with van der Waals surface area (Å²) < 4.78 is 6.92. The molecule has 1 aliphatic rings. The summed E-state index contributed by atoms with van der Waals surface area (Å²) in [4.78, 5) is 34.9. The standard InChI is InChI=1S/C24H22ClN5O3S/c25-19-5-2-1-4-17(19)14-30-15-18(7-8-22(30)31)24(32)29-11-9-28(10-12-29)16-21-26-23(27-33-21)20-6-3-13-34-20/h1-8,13,15H,9-12,14,16H2. The molecule has 4 aromatic rings. The first-order chi connectivity index (χ1) is 16.6. The minimum Gasteiger partial charge on any atom is -0.338 e. The molecule has 4 heterocycles. The first-order valence-electron chi connectivity index (χ1n) is 10.9. The van der Waals surface area contributed by atoms with Crippen LogP contribution in [0.4, 0.5) is 0 Å². The summed E-state index contributed by atoms with van der Waals surface area (Å²) in [5.41, 5.74) is 1.13. The number of thiophene rings is 1. The fraction of sp³-hybridized carbons (Fsp3) is 0.250. The van der Waals surface area contributed by atoms with E-state index in [2.05, 4.69) is 15.0 Å². The van der Waals surface area contributed by atoms with Crippen LogP contribution in [-0.2, 0) is 13.1 Å². The zero-order chi connectivity index (χ0) is 23.5. The van der Waals surface area contributed by atoms with Gasteiger partial charge in [0.1, 0.15) is 0 Å². The van der Waals surface area contributed by atoms with Gasteiger partial charge in [-0.1, -0.05) is 41.0 Å². The van der Waals surface area contributed by atoms with E-state index in [9.17, 15) is 9.59 Å². The van der Waals surface area contributed by atoms with Crippen LogP contribution in [0.25, 0.3) is 10.7 Å². The number of carbonyl (C=O) groups excluding carboxylic acids is 1. The fourth-order valence-corrected chi connectivity index (χ4v) is 4.74. The average molecular weight is 496 g/mol. The van der Waals surface area contributed by atoms with Gasteiger partial charge in [-0.15, -0.1) is 11.3 Å². The van der Waals surface area contributed by atoms with Gasteiger partial charge in [0.15, 0.2) is 0 Å². The number of piperazine rings is 1. The summed E-state index contributed by atoms with van der Waals surface area (Å²) in [5.74, 6) is 1.07. The highest BCUT2D eigenvalue weighted by molar-refractivity contribution is 7.13. The average Bonchev–Trinajstić information content (AvgIpc) is 3.54. The second-order valence-corrected chi connectivity index (χ2v) is 9.39. The lowest BCUT2D eigenvalue weighted by molar-refractivity contribution is 0.0614. The lowest BCUT2D eigenvalue weighted by Crippen LogP contribution is -2.48. The molecule has 0 bridgehead atoms. The Balaban J connectivity index is 1.20. The number of aromatic nitrogens is 3. The third-order valence-corrected chi connectivity index (χ3v) is 6.99. The van der Waals surface area contributed by atoms with Crippen LogP contribution in [0.5, 0.6) is 0 Å². The van der Waals surface area contributed by atoms with Gasteiger partial charge >= 0.3 is 0 Å². The van der Waals surface area contributed by atoms with Gasteiger partial charge in [0, 0.05) is 43.5 Å². The van der Waals surface area contributed by atoms with Crippen molar-refractivity contribution < 1.29 is 9.32 Å². The van der Waals surface area contributed by atoms with E-state index in [4.69, 9.17) is 16.1 Å². The topological polar surface area (TPSA) is 84.5 Å². The van der Waals surface area contributed by atoms with Gasteiger partial charge in [0.05, 0.1) is 23.5 Å². The summed E-state index contributed by atoms with van der Waals surface area (Å²) in [6.07, 6.45) is 1.62. The van der Waals surface area contributed by atoms with Gasteiger partial charge in [-0.3, -0.25) is 14.5 Å². The first kappa shape index (κ1) is 22.5. The first-order valence-corrected chi connectivity index (χ1v) is 12.1. The molecule has 0 saturated carbocycles. The maximum Gasteiger partial charge on any atom is 0.255 e. The summed E-state index contributed by atoms with van der Waals surface area (Å²) >= 11 is 7.81. The molecule has 1 saturated heterocycles. The maximum atomic E-state index is 13.1. The second-order valence-electron chi connectivity index (χ2n) is 8.03. The van der Waals surface area contributed by atoms with E-state index in [0.29, 0.717) is 61.6 Å². The molecular weight excluding hydrogens is 474 g/mol. The number of pyridine rings is 1. The van der Waals surface area contributed by atoms with Gasteiger partial charge in [-0.2, -0.15) is 4.98 Å². The van der Waals surface area contributed by atoms with Crippen molar-refractivity contribution >= 4 is 28.8 Å². The molecule has 3 aromatic heterocycles. The van der Waals surface area contributed by atoms with Crippen LogP contribution in [0, 0.1) is 0 Å². The van der Waals surface area contributed by atoms with Crippen molar-refractivity contribution in [1.82, 2.24) is 24.5 Å². The van der Waals surface area contributed by atoms with E-state index in [1.54, 1.807) is 34.6 Å². The Kier molecular flexibility index (Phi) is 6.57. The van der Waals surface area contributed by atoms with E-state index >= 15 is 0 Å². The molecule has 1 aromatic carbocycles. The highest BCUT2D eigenvalue weighted by Crippen LogP contribution is 2.22. The quantitative estimate of drug-likeness (QED) is 0.406. The third-order valence-electron chi connectivity index (χ3n) is 5.76. The van der Waals surface area contributed by atoms with Crippen molar-refractivity contribution in [1.29, 1.82) is 0 Å². The number of hydrogen-bond donors (Lipinski definition) is 0. The van der Waals surface area contributed by atoms with E-state index in [0.717, 1.165) is 10.4 Å². The maximum absolute atomic E-state index is 13.1. The number of amides is 1. The Morgan fingerprint density at radius 2 is 1.85 bits per heavy atom. The highest BCUT2D eigenvalue weighted by atomic mass is 35.5. The Morgan fingerprint density at radius 3 is 2.62 bits per heavy atom. The number of halogens is 1. The Labute approximate surface area is 205 Å². The van der Waals surface area contributed by atoms with Crippen LogP contribution in [0.3, 0.4) is 0 Å². The van der Waals surface area contributed by atoms with Crippen molar-refractivity contribution in [3.8, 4) is 10.7 Å². The molecule has 1 amide bonds. The van der Waals surface area contributed by atoms with Crippen molar-refractivity contribution in [3.05, 3.63) is 92.5 Å². The molecule has 0 aliphatic carbocycles. The monoisotopic (exact) mass is 495 g/mol. The van der Waals surface area contributed by atoms with Gasteiger partial charge in [-0.05, 0) is 29.1 Å². The molecular formula is C24H22ClN5O3S. The molecule has 0 N–H and O–H groups in total. The largest absolute Gasteiger partial charge is 0.338 e. The lowest BCUT2D eigenvalue weighted by atomic mass is 10.2. The van der Waals surface area contributed by atoms with Crippen LogP contribution in [-0.4, -0.2) is 56.6 Å². The third kappa shape index (κ3) is 4.96. The zero-order valence-corrected chi connectivity index (χ0v) is 19.8. The summed E-state index contributed by atoms with van der Waals surface area (Å²) in [5, 5.41) is 6.62. The molecule has 1 aliphatic heterocycles. The molecule has 8 nitrogen and oxygen atoms in total. The molecule has 174 valence electrons. The normalized spacial score (nSPS) is 14.4. The number of carbonyl (C=O) groups is 1. The number of benzene rings is 1. The zero-order valence-electron chi connectivity index (χ0n) is 18.3. The predicted octanol–water partition coefficient (Wildman–Crippen LogP) is 3.62. The van der Waals surface area contributed by atoms with E-state index in [1.165, 1.54) is 10.6 Å². The van der Waals surface area contributed by atoms with Crippen LogP contribution in [0.15, 0.2) is 69.4 Å². The molecule has 1 fully saturated rings. The molecule has 0 radical (unpaired) electrons. The molecule has 34 heavy (non-hydrogen) atoms. The molecule has 5 rings (SSSR count). The number of nitrogens with zero attached hydrogens (tertiary/aromatic N) is 5. The van der Waals surface area contributed by atoms with Crippen molar-refractivity contribution in [2.45, 2.75) is 13.1 Å². The Morgan fingerprint density at radius 1 is 1.03 bits per heavy atom. The van der Waals surface area contributed by atoms with Crippen LogP contribution >= 0.6 is 22.9 Å². The lowest BCUT2D eigenvalue weighted by Gasteiger charge is -2.34. The summed E-state index contributed by atoms with van der Waals surface area (Å²) in [7, 11) is 0. The van der Waals surface area contributed by atoms with Gasteiger partial charge < -0.3 is 14.0 Å². The highest BCUT2D eigenvalue weighted by Gasteiger charge is 2.24. The predicted molar refractivity (Wildman–Crippen MR) is 130 cm³/mol. The van der Waals surface area contributed by atoms with Gasteiger partial charge in [0.2, 0.25) is 11.7 Å². The minimum absolute atomic E-state index is 0.0923. The SMILES string of the molecule is O=C(c1ccc(=O)n(Cc2ccccc2Cl)c1)N1CCN(Cc2nc(-c3cccs3)no2)CC1. The smallest absolute Gasteiger partial charge is 0.255 e. The van der Waals surface area contributed by atoms with Crippen LogP contribution in [0.1, 0.15) is 21.8 Å². The van der Waals surface area contributed by atoms with Gasteiger partial charge in [-0.25, -0.2) is 0 Å². The number of hydrogen-bond acceptors (Lipinski definition) is 7. The van der Waals surface area contributed by atoms with Crippen molar-refractivity contribution in [2.24, 2.45) is 0 Å². The van der Waals surface area contributed by atoms with Crippen LogP contribution < -0.4 is 5.56 Å². The Hall–Kier alpha value is -3.27. The fourth-order valence-electron chi connectivity index (χ4n) is 3.90. The molecule has 0 unspecified atom stereocenters. The second kappa shape index (κ2) is 9.92. The van der Waals surface area contributed by atoms with E-state index < -0.39 is 0 Å². The number of rotatable bonds is 6. The molecule has 0 atom stereocenters. The molecule has 0 spiro atoms. The molecule has 10 heteroatoms. The summed E-state index contributed by atoms with van der Waals surface area (Å²) in [6, 6.07) is 14.3. The van der Waals surface area contributed by atoms with Crippen molar-refractivity contribution in [2.75, 3.05) is 26.2 Å². The van der Waals surface area contributed by atoms with E-state index in [1.807, 2.05) is 35.7 Å². The van der Waals surface area contributed by atoms with Gasteiger partial charge in [0.25, 0.3) is 11.5 Å².